The monoisotopic (exact) mass is 362 g/mol. The SMILES string of the molecule is NCc1c(I)ncc(OC(F)(F)F)c1C(=O)O. The average Bonchev–Trinajstić information content (AvgIpc) is 2.17. The first-order valence-corrected chi connectivity index (χ1v) is 5.20. The number of hydrogen-bond donors (Lipinski definition) is 2. The molecule has 0 aliphatic carbocycles. The predicted octanol–water partition coefficient (Wildman–Crippen LogP) is 1.74. The number of carboxylic acid groups (broad SMARTS) is 1. The Kier molecular flexibility index (Phi) is 4.14. The van der Waals surface area contributed by atoms with Crippen molar-refractivity contribution < 1.29 is 27.8 Å². The maximum atomic E-state index is 12.0. The van der Waals surface area contributed by atoms with Crippen LogP contribution in [0.5, 0.6) is 5.75 Å². The summed E-state index contributed by atoms with van der Waals surface area (Å²) in [4.78, 5) is 14.5. The molecule has 0 unspecified atom stereocenters. The van der Waals surface area contributed by atoms with Crippen LogP contribution in [0.1, 0.15) is 15.9 Å². The Bertz CT molecular complexity index is 450. The Morgan fingerprint density at radius 3 is 2.59 bits per heavy atom. The van der Waals surface area contributed by atoms with Gasteiger partial charge in [0.05, 0.1) is 6.20 Å². The molecule has 17 heavy (non-hydrogen) atoms. The topological polar surface area (TPSA) is 85.4 Å². The third-order valence-electron chi connectivity index (χ3n) is 1.74. The Balaban J connectivity index is 3.36. The van der Waals surface area contributed by atoms with Crippen molar-refractivity contribution in [3.8, 4) is 5.75 Å². The molecular formula is C8H6F3IN2O3. The van der Waals surface area contributed by atoms with Crippen LogP contribution in [-0.4, -0.2) is 22.4 Å². The first kappa shape index (κ1) is 14.0. The van der Waals surface area contributed by atoms with Gasteiger partial charge in [-0.25, -0.2) is 9.78 Å². The molecule has 0 fully saturated rings. The van der Waals surface area contributed by atoms with E-state index in [1.807, 2.05) is 0 Å². The number of hydrogen-bond acceptors (Lipinski definition) is 4. The number of carboxylic acids is 1. The van der Waals surface area contributed by atoms with Gasteiger partial charge in [-0.05, 0) is 22.6 Å². The van der Waals surface area contributed by atoms with Gasteiger partial charge in [0.15, 0.2) is 5.75 Å². The molecule has 0 aromatic carbocycles. The molecule has 5 nitrogen and oxygen atoms in total. The molecule has 3 N–H and O–H groups in total. The van der Waals surface area contributed by atoms with Gasteiger partial charge in [-0.1, -0.05) is 0 Å². The Morgan fingerprint density at radius 2 is 2.18 bits per heavy atom. The van der Waals surface area contributed by atoms with Crippen LogP contribution in [0.4, 0.5) is 13.2 Å². The summed E-state index contributed by atoms with van der Waals surface area (Å²) in [5, 5.41) is 8.86. The fraction of sp³-hybridized carbons (Fsp3) is 0.250. The van der Waals surface area contributed by atoms with E-state index in [-0.39, 0.29) is 15.8 Å². The first-order chi connectivity index (χ1) is 7.76. The van der Waals surface area contributed by atoms with E-state index in [0.717, 1.165) is 0 Å². The van der Waals surface area contributed by atoms with E-state index in [1.165, 1.54) is 0 Å². The van der Waals surface area contributed by atoms with Crippen molar-refractivity contribution in [1.82, 2.24) is 4.98 Å². The van der Waals surface area contributed by atoms with Gasteiger partial charge in [0.2, 0.25) is 0 Å². The third-order valence-corrected chi connectivity index (χ3v) is 2.67. The molecule has 1 heterocycles. The second-order valence-electron chi connectivity index (χ2n) is 2.82. The van der Waals surface area contributed by atoms with Crippen LogP contribution in [0, 0.1) is 3.70 Å². The number of alkyl halides is 3. The highest BCUT2D eigenvalue weighted by molar-refractivity contribution is 14.1. The summed E-state index contributed by atoms with van der Waals surface area (Å²) in [5.41, 5.74) is 4.66. The van der Waals surface area contributed by atoms with Crippen molar-refractivity contribution in [3.63, 3.8) is 0 Å². The predicted molar refractivity (Wildman–Crippen MR) is 58.5 cm³/mol. The van der Waals surface area contributed by atoms with E-state index in [4.69, 9.17) is 10.8 Å². The molecule has 0 saturated heterocycles. The largest absolute Gasteiger partial charge is 0.573 e. The lowest BCUT2D eigenvalue weighted by Crippen LogP contribution is -2.21. The Labute approximate surface area is 107 Å². The molecule has 1 aromatic heterocycles. The summed E-state index contributed by atoms with van der Waals surface area (Å²) in [6, 6.07) is 0. The number of ether oxygens (including phenoxy) is 1. The average molecular weight is 362 g/mol. The van der Waals surface area contributed by atoms with Crippen LogP contribution >= 0.6 is 22.6 Å². The summed E-state index contributed by atoms with van der Waals surface area (Å²) < 4.78 is 39.9. The van der Waals surface area contributed by atoms with Gasteiger partial charge in [0, 0.05) is 12.1 Å². The second-order valence-corrected chi connectivity index (χ2v) is 3.85. The van der Waals surface area contributed by atoms with E-state index in [2.05, 4.69) is 9.72 Å². The second kappa shape index (κ2) is 5.04. The van der Waals surface area contributed by atoms with Gasteiger partial charge >= 0.3 is 12.3 Å². The molecule has 0 amide bonds. The fourth-order valence-corrected chi connectivity index (χ4v) is 1.76. The molecule has 0 bridgehead atoms. The zero-order chi connectivity index (χ0) is 13.2. The van der Waals surface area contributed by atoms with Crippen LogP contribution in [-0.2, 0) is 6.54 Å². The number of nitrogens with zero attached hydrogens (tertiary/aromatic N) is 1. The summed E-state index contributed by atoms with van der Waals surface area (Å²) in [7, 11) is 0. The van der Waals surface area contributed by atoms with Gasteiger partial charge < -0.3 is 15.6 Å². The van der Waals surface area contributed by atoms with E-state index in [9.17, 15) is 18.0 Å². The first-order valence-electron chi connectivity index (χ1n) is 4.12. The van der Waals surface area contributed by atoms with Crippen molar-refractivity contribution in [2.45, 2.75) is 12.9 Å². The molecule has 0 radical (unpaired) electrons. The van der Waals surface area contributed by atoms with E-state index in [0.29, 0.717) is 6.20 Å². The molecule has 1 aromatic rings. The third kappa shape index (κ3) is 3.43. The van der Waals surface area contributed by atoms with Gasteiger partial charge in [0.1, 0.15) is 9.26 Å². The zero-order valence-corrected chi connectivity index (χ0v) is 10.2. The van der Waals surface area contributed by atoms with Crippen LogP contribution in [0.3, 0.4) is 0 Å². The number of rotatable bonds is 3. The number of carbonyl (C=O) groups is 1. The van der Waals surface area contributed by atoms with Gasteiger partial charge in [-0.2, -0.15) is 0 Å². The minimum Gasteiger partial charge on any atom is -0.478 e. The van der Waals surface area contributed by atoms with Gasteiger partial charge in [0.25, 0.3) is 0 Å². The normalized spacial score (nSPS) is 11.4. The minimum absolute atomic E-state index is 0.000139. The van der Waals surface area contributed by atoms with E-state index < -0.39 is 23.6 Å². The van der Waals surface area contributed by atoms with Crippen molar-refractivity contribution in [2.24, 2.45) is 5.73 Å². The van der Waals surface area contributed by atoms with E-state index >= 15 is 0 Å². The quantitative estimate of drug-likeness (QED) is 0.632. The summed E-state index contributed by atoms with van der Waals surface area (Å²) in [6.45, 7) is -0.248. The fourth-order valence-electron chi connectivity index (χ4n) is 1.13. The number of pyridine rings is 1. The van der Waals surface area contributed by atoms with E-state index in [1.54, 1.807) is 22.6 Å². The number of aromatic carboxylic acids is 1. The highest BCUT2D eigenvalue weighted by atomic mass is 127. The Hall–Kier alpha value is -1.10. The van der Waals surface area contributed by atoms with Crippen LogP contribution in [0.2, 0.25) is 0 Å². The van der Waals surface area contributed by atoms with Crippen LogP contribution in [0.25, 0.3) is 0 Å². The molecule has 9 heteroatoms. The Morgan fingerprint density at radius 1 is 1.59 bits per heavy atom. The summed E-state index contributed by atoms with van der Waals surface area (Å²) >= 11 is 1.68. The lowest BCUT2D eigenvalue weighted by molar-refractivity contribution is -0.274. The van der Waals surface area contributed by atoms with Crippen molar-refractivity contribution in [1.29, 1.82) is 0 Å². The van der Waals surface area contributed by atoms with Crippen molar-refractivity contribution in [3.05, 3.63) is 21.0 Å². The molecule has 0 atom stereocenters. The van der Waals surface area contributed by atoms with Crippen molar-refractivity contribution >= 4 is 28.6 Å². The zero-order valence-electron chi connectivity index (χ0n) is 8.08. The lowest BCUT2D eigenvalue weighted by Gasteiger charge is -2.13. The van der Waals surface area contributed by atoms with Crippen molar-refractivity contribution in [2.75, 3.05) is 0 Å². The van der Waals surface area contributed by atoms with Crippen LogP contribution in [0.15, 0.2) is 6.20 Å². The van der Waals surface area contributed by atoms with Crippen LogP contribution < -0.4 is 10.5 Å². The molecule has 0 aliphatic heterocycles. The smallest absolute Gasteiger partial charge is 0.478 e. The standard InChI is InChI=1S/C8H6F3IN2O3/c9-8(10,11)17-4-2-14-6(12)3(1-13)5(4)7(15)16/h2H,1,13H2,(H,15,16). The summed E-state index contributed by atoms with van der Waals surface area (Å²) in [6.07, 6.45) is -4.28. The summed E-state index contributed by atoms with van der Waals surface area (Å²) in [5.74, 6) is -2.42. The minimum atomic E-state index is -4.98. The molecular weight excluding hydrogens is 356 g/mol. The number of nitrogens with two attached hydrogens (primary N) is 1. The number of aromatic nitrogens is 1. The maximum absolute atomic E-state index is 12.0. The molecule has 1 rings (SSSR count). The maximum Gasteiger partial charge on any atom is 0.573 e. The van der Waals surface area contributed by atoms with Gasteiger partial charge in [-0.15, -0.1) is 13.2 Å². The lowest BCUT2D eigenvalue weighted by atomic mass is 10.1. The number of halogens is 4. The van der Waals surface area contributed by atoms with Gasteiger partial charge in [-0.3, -0.25) is 0 Å². The highest BCUT2D eigenvalue weighted by Crippen LogP contribution is 2.29. The molecule has 0 aliphatic rings. The molecule has 0 saturated carbocycles. The molecule has 0 spiro atoms. The molecule has 94 valence electrons. The highest BCUT2D eigenvalue weighted by Gasteiger charge is 2.34.